The van der Waals surface area contributed by atoms with Gasteiger partial charge >= 0.3 is 0 Å². The summed E-state index contributed by atoms with van der Waals surface area (Å²) >= 11 is 0. The van der Waals surface area contributed by atoms with Crippen molar-refractivity contribution in [2.75, 3.05) is 10.6 Å². The van der Waals surface area contributed by atoms with E-state index in [1.165, 1.54) is 29.3 Å². The molecule has 0 spiro atoms. The number of nitrogens with zero attached hydrogens (tertiary/aromatic N) is 1. The molecule has 0 heterocycles. The largest absolute Gasteiger partial charge is 0.349 e. The van der Waals surface area contributed by atoms with E-state index in [1.807, 2.05) is 0 Å². The van der Waals surface area contributed by atoms with Crippen LogP contribution in [-0.2, 0) is 16.6 Å². The summed E-state index contributed by atoms with van der Waals surface area (Å²) in [4.78, 5) is 12.5. The second kappa shape index (κ2) is 9.39. The van der Waals surface area contributed by atoms with Crippen LogP contribution in [0.1, 0.15) is 54.4 Å². The van der Waals surface area contributed by atoms with Gasteiger partial charge in [-0.2, -0.15) is 0 Å². The van der Waals surface area contributed by atoms with Gasteiger partial charge in [0.2, 0.25) is 10.0 Å². The van der Waals surface area contributed by atoms with Crippen LogP contribution < -0.4 is 9.62 Å². The molecule has 1 fully saturated rings. The average molecular weight is 419 g/mol. The summed E-state index contributed by atoms with van der Waals surface area (Å²) in [6, 6.07) is 12.5. The third-order valence-corrected chi connectivity index (χ3v) is 6.39. The third-order valence-electron chi connectivity index (χ3n) is 5.25. The minimum atomic E-state index is -3.55. The first kappa shape index (κ1) is 21.3. The predicted molar refractivity (Wildman–Crippen MR) is 113 cm³/mol. The molecule has 2 aromatic rings. The van der Waals surface area contributed by atoms with Crippen molar-refractivity contribution in [1.82, 2.24) is 5.32 Å². The Bertz CT molecular complexity index is 920. The van der Waals surface area contributed by atoms with Crippen LogP contribution in [0.4, 0.5) is 10.1 Å². The van der Waals surface area contributed by atoms with Crippen molar-refractivity contribution in [3.05, 3.63) is 65.5 Å². The van der Waals surface area contributed by atoms with Crippen molar-refractivity contribution in [2.45, 2.75) is 51.1 Å². The van der Waals surface area contributed by atoms with Gasteiger partial charge in [-0.1, -0.05) is 37.8 Å². The number of halogens is 1. The van der Waals surface area contributed by atoms with E-state index in [2.05, 4.69) is 5.32 Å². The van der Waals surface area contributed by atoms with Crippen LogP contribution in [0.5, 0.6) is 0 Å². The van der Waals surface area contributed by atoms with E-state index in [4.69, 9.17) is 0 Å². The molecule has 3 rings (SSSR count). The maximum absolute atomic E-state index is 13.1. The van der Waals surface area contributed by atoms with Crippen molar-refractivity contribution >= 4 is 21.6 Å². The molecule has 7 heteroatoms. The molecule has 2 aromatic carbocycles. The van der Waals surface area contributed by atoms with Crippen LogP contribution in [-0.4, -0.2) is 26.6 Å². The van der Waals surface area contributed by atoms with Crippen molar-refractivity contribution in [2.24, 2.45) is 0 Å². The summed E-state index contributed by atoms with van der Waals surface area (Å²) in [7, 11) is -3.55. The first-order valence-corrected chi connectivity index (χ1v) is 11.8. The SMILES string of the molecule is CS(=O)(=O)N(Cc1ccc(F)cc1)c1ccc(C(=O)NC2CCCCCC2)cc1. The van der Waals surface area contributed by atoms with Crippen LogP contribution in [0.3, 0.4) is 0 Å². The maximum Gasteiger partial charge on any atom is 0.251 e. The summed E-state index contributed by atoms with van der Waals surface area (Å²) in [5, 5.41) is 3.09. The number of benzene rings is 2. The second-order valence-corrected chi connectivity index (χ2v) is 9.51. The molecule has 0 atom stereocenters. The number of anilines is 1. The number of amides is 1. The number of sulfonamides is 1. The normalized spacial score (nSPS) is 15.5. The lowest BCUT2D eigenvalue weighted by atomic mass is 10.1. The van der Waals surface area contributed by atoms with Gasteiger partial charge in [0.15, 0.2) is 0 Å². The molecule has 1 aliphatic carbocycles. The number of carbonyl (C=O) groups excluding carboxylic acids is 1. The molecule has 156 valence electrons. The third kappa shape index (κ3) is 6.03. The van der Waals surface area contributed by atoms with Crippen LogP contribution in [0.25, 0.3) is 0 Å². The zero-order valence-electron chi connectivity index (χ0n) is 16.6. The zero-order chi connectivity index (χ0) is 20.9. The molecule has 0 aliphatic heterocycles. The Balaban J connectivity index is 1.73. The van der Waals surface area contributed by atoms with Gasteiger partial charge < -0.3 is 5.32 Å². The van der Waals surface area contributed by atoms with Gasteiger partial charge in [-0.05, 0) is 54.8 Å². The number of carbonyl (C=O) groups is 1. The van der Waals surface area contributed by atoms with E-state index in [-0.39, 0.29) is 24.3 Å². The van der Waals surface area contributed by atoms with Gasteiger partial charge in [0.05, 0.1) is 18.5 Å². The lowest BCUT2D eigenvalue weighted by molar-refractivity contribution is 0.0933. The Labute approximate surface area is 172 Å². The molecular formula is C22H27FN2O3S. The Kier molecular flexibility index (Phi) is 6.90. The maximum atomic E-state index is 13.1. The topological polar surface area (TPSA) is 66.5 Å². The summed E-state index contributed by atoms with van der Waals surface area (Å²) in [6.45, 7) is 0.0900. The second-order valence-electron chi connectivity index (χ2n) is 7.60. The molecule has 1 saturated carbocycles. The number of nitrogens with one attached hydrogen (secondary N) is 1. The lowest BCUT2D eigenvalue weighted by Crippen LogP contribution is -2.34. The van der Waals surface area contributed by atoms with E-state index in [0.717, 1.165) is 31.9 Å². The average Bonchev–Trinajstić information content (AvgIpc) is 2.95. The summed E-state index contributed by atoms with van der Waals surface area (Å²) < 4.78 is 38.9. The number of hydrogen-bond acceptors (Lipinski definition) is 3. The van der Waals surface area contributed by atoms with E-state index < -0.39 is 10.0 Å². The molecule has 1 N–H and O–H groups in total. The van der Waals surface area contributed by atoms with Crippen LogP contribution >= 0.6 is 0 Å². The fourth-order valence-electron chi connectivity index (χ4n) is 3.63. The summed E-state index contributed by atoms with van der Waals surface area (Å²) in [5.41, 5.74) is 1.64. The Morgan fingerprint density at radius 3 is 2.14 bits per heavy atom. The quantitative estimate of drug-likeness (QED) is 0.714. The minimum Gasteiger partial charge on any atom is -0.349 e. The standard InChI is InChI=1S/C22H27FN2O3S/c1-29(27,28)25(16-17-8-12-19(23)13-9-17)21-14-10-18(11-15-21)22(26)24-20-6-4-2-3-5-7-20/h8-15,20H,2-7,16H2,1H3,(H,24,26). The lowest BCUT2D eigenvalue weighted by Gasteiger charge is -2.23. The molecular weight excluding hydrogens is 391 g/mol. The Morgan fingerprint density at radius 2 is 1.59 bits per heavy atom. The highest BCUT2D eigenvalue weighted by Crippen LogP contribution is 2.22. The first-order chi connectivity index (χ1) is 13.8. The molecule has 0 aromatic heterocycles. The molecule has 1 aliphatic rings. The molecule has 1 amide bonds. The van der Waals surface area contributed by atoms with Crippen molar-refractivity contribution in [3.63, 3.8) is 0 Å². The van der Waals surface area contributed by atoms with Gasteiger partial charge in [0.25, 0.3) is 5.91 Å². The molecule has 29 heavy (non-hydrogen) atoms. The van der Waals surface area contributed by atoms with Crippen molar-refractivity contribution < 1.29 is 17.6 Å². The Hall–Kier alpha value is -2.41. The van der Waals surface area contributed by atoms with Crippen LogP contribution in [0.15, 0.2) is 48.5 Å². The van der Waals surface area contributed by atoms with Gasteiger partial charge in [-0.3, -0.25) is 9.10 Å². The smallest absolute Gasteiger partial charge is 0.251 e. The van der Waals surface area contributed by atoms with Gasteiger partial charge in [-0.25, -0.2) is 12.8 Å². The monoisotopic (exact) mass is 418 g/mol. The van der Waals surface area contributed by atoms with Crippen molar-refractivity contribution in [3.8, 4) is 0 Å². The first-order valence-electron chi connectivity index (χ1n) is 9.96. The minimum absolute atomic E-state index is 0.0900. The molecule has 0 radical (unpaired) electrons. The highest BCUT2D eigenvalue weighted by atomic mass is 32.2. The van der Waals surface area contributed by atoms with Gasteiger partial charge in [0, 0.05) is 11.6 Å². The van der Waals surface area contributed by atoms with E-state index in [9.17, 15) is 17.6 Å². The van der Waals surface area contributed by atoms with E-state index in [0.29, 0.717) is 16.8 Å². The molecule has 5 nitrogen and oxygen atoms in total. The highest BCUT2D eigenvalue weighted by molar-refractivity contribution is 7.92. The number of hydrogen-bond donors (Lipinski definition) is 1. The predicted octanol–water partition coefficient (Wildman–Crippen LogP) is 4.24. The highest BCUT2D eigenvalue weighted by Gasteiger charge is 2.20. The van der Waals surface area contributed by atoms with Gasteiger partial charge in [-0.15, -0.1) is 0 Å². The number of rotatable bonds is 6. The van der Waals surface area contributed by atoms with E-state index in [1.54, 1.807) is 36.4 Å². The summed E-state index contributed by atoms with van der Waals surface area (Å²) in [5.74, 6) is -0.503. The fraction of sp³-hybridized carbons (Fsp3) is 0.409. The van der Waals surface area contributed by atoms with Crippen molar-refractivity contribution in [1.29, 1.82) is 0 Å². The Morgan fingerprint density at radius 1 is 1.00 bits per heavy atom. The zero-order valence-corrected chi connectivity index (χ0v) is 17.4. The molecule has 0 saturated heterocycles. The molecule has 0 bridgehead atoms. The summed E-state index contributed by atoms with van der Waals surface area (Å²) in [6.07, 6.45) is 7.84. The molecule has 0 unspecified atom stereocenters. The van der Waals surface area contributed by atoms with E-state index >= 15 is 0 Å². The van der Waals surface area contributed by atoms with Crippen LogP contribution in [0.2, 0.25) is 0 Å². The van der Waals surface area contributed by atoms with Crippen LogP contribution in [0, 0.1) is 5.82 Å². The van der Waals surface area contributed by atoms with Gasteiger partial charge in [0.1, 0.15) is 5.82 Å². The fourth-order valence-corrected chi connectivity index (χ4v) is 4.52.